The summed E-state index contributed by atoms with van der Waals surface area (Å²) in [5.74, 6) is -0.0500. The van der Waals surface area contributed by atoms with E-state index in [2.05, 4.69) is 5.10 Å². The molecule has 5 heteroatoms. The van der Waals surface area contributed by atoms with E-state index < -0.39 is 0 Å². The Labute approximate surface area is 139 Å². The standard InChI is InChI=1S/C19H14N4O/c1-12-3-4-14(5-13(12)2)19(24)11-23-18-7-16(9-21)15(8-20)6-17(18)10-22-23/h3-7,10H,11H2,1-2H3. The highest BCUT2D eigenvalue weighted by Crippen LogP contribution is 2.20. The van der Waals surface area contributed by atoms with Crippen LogP contribution in [0, 0.1) is 36.5 Å². The molecule has 3 rings (SSSR count). The fraction of sp³-hybridized carbons (Fsp3) is 0.158. The van der Waals surface area contributed by atoms with Crippen LogP contribution in [0.15, 0.2) is 36.5 Å². The minimum absolute atomic E-state index is 0.0500. The summed E-state index contributed by atoms with van der Waals surface area (Å²) in [7, 11) is 0. The van der Waals surface area contributed by atoms with Gasteiger partial charge in [0.25, 0.3) is 0 Å². The Bertz CT molecular complexity index is 1050. The van der Waals surface area contributed by atoms with Gasteiger partial charge in [0, 0.05) is 10.9 Å². The topological polar surface area (TPSA) is 82.5 Å². The number of Topliss-reactive ketones (excluding diaryl/α,β-unsaturated/α-hetero) is 1. The summed E-state index contributed by atoms with van der Waals surface area (Å²) in [6.07, 6.45) is 1.60. The van der Waals surface area contributed by atoms with Gasteiger partial charge in [-0.15, -0.1) is 0 Å². The summed E-state index contributed by atoms with van der Waals surface area (Å²) in [6, 6.07) is 12.8. The van der Waals surface area contributed by atoms with Crippen LogP contribution in [-0.2, 0) is 6.54 Å². The second-order valence-electron chi connectivity index (χ2n) is 5.70. The first-order chi connectivity index (χ1) is 11.5. The second kappa shape index (κ2) is 5.98. The number of aromatic nitrogens is 2. The third-order valence-electron chi connectivity index (χ3n) is 4.14. The summed E-state index contributed by atoms with van der Waals surface area (Å²) in [5, 5.41) is 23.2. The monoisotopic (exact) mass is 314 g/mol. The summed E-state index contributed by atoms with van der Waals surface area (Å²) in [5.41, 5.74) is 4.10. The lowest BCUT2D eigenvalue weighted by molar-refractivity contribution is 0.0969. The van der Waals surface area contributed by atoms with Crippen molar-refractivity contribution in [1.29, 1.82) is 10.5 Å². The van der Waals surface area contributed by atoms with Crippen molar-refractivity contribution in [2.75, 3.05) is 0 Å². The van der Waals surface area contributed by atoms with Crippen LogP contribution in [0.3, 0.4) is 0 Å². The molecule has 0 aliphatic carbocycles. The number of hydrogen-bond donors (Lipinski definition) is 0. The van der Waals surface area contributed by atoms with Gasteiger partial charge in [-0.05, 0) is 43.2 Å². The van der Waals surface area contributed by atoms with E-state index in [4.69, 9.17) is 10.5 Å². The first-order valence-corrected chi connectivity index (χ1v) is 7.43. The van der Waals surface area contributed by atoms with Gasteiger partial charge in [-0.1, -0.05) is 12.1 Å². The SMILES string of the molecule is Cc1ccc(C(=O)Cn2ncc3cc(C#N)c(C#N)cc32)cc1C. The molecule has 0 unspecified atom stereocenters. The van der Waals surface area contributed by atoms with Crippen LogP contribution in [0.1, 0.15) is 32.6 Å². The van der Waals surface area contributed by atoms with Crippen LogP contribution in [-0.4, -0.2) is 15.6 Å². The van der Waals surface area contributed by atoms with E-state index in [1.807, 2.05) is 44.2 Å². The zero-order chi connectivity index (χ0) is 17.3. The van der Waals surface area contributed by atoms with Crippen molar-refractivity contribution in [3.63, 3.8) is 0 Å². The minimum atomic E-state index is -0.0500. The lowest BCUT2D eigenvalue weighted by atomic mass is 10.0. The lowest BCUT2D eigenvalue weighted by Gasteiger charge is -2.06. The fourth-order valence-electron chi connectivity index (χ4n) is 2.58. The quantitative estimate of drug-likeness (QED) is 0.695. The maximum absolute atomic E-state index is 12.5. The van der Waals surface area contributed by atoms with Gasteiger partial charge in [-0.2, -0.15) is 15.6 Å². The Kier molecular flexibility index (Phi) is 3.85. The van der Waals surface area contributed by atoms with Gasteiger partial charge < -0.3 is 0 Å². The first-order valence-electron chi connectivity index (χ1n) is 7.43. The average Bonchev–Trinajstić information content (AvgIpc) is 2.97. The number of carbonyl (C=O) groups is 1. The Hall–Kier alpha value is -3.44. The van der Waals surface area contributed by atoms with Gasteiger partial charge in [0.2, 0.25) is 0 Å². The largest absolute Gasteiger partial charge is 0.292 e. The number of benzene rings is 2. The van der Waals surface area contributed by atoms with Crippen LogP contribution < -0.4 is 0 Å². The zero-order valence-electron chi connectivity index (χ0n) is 13.4. The van der Waals surface area contributed by atoms with Gasteiger partial charge in [0.15, 0.2) is 5.78 Å². The Morgan fingerprint density at radius 3 is 2.46 bits per heavy atom. The molecule has 0 aliphatic rings. The number of aryl methyl sites for hydroxylation is 2. The van der Waals surface area contributed by atoms with Gasteiger partial charge in [-0.25, -0.2) is 0 Å². The van der Waals surface area contributed by atoms with Crippen LogP contribution in [0.4, 0.5) is 0 Å². The van der Waals surface area contributed by atoms with E-state index in [0.29, 0.717) is 16.6 Å². The highest BCUT2D eigenvalue weighted by atomic mass is 16.1. The van der Waals surface area contributed by atoms with Gasteiger partial charge in [0.05, 0.1) is 22.8 Å². The average molecular weight is 314 g/mol. The third-order valence-corrected chi connectivity index (χ3v) is 4.14. The highest BCUT2D eigenvalue weighted by molar-refractivity contribution is 5.97. The van der Waals surface area contributed by atoms with Crippen LogP contribution in [0.25, 0.3) is 10.9 Å². The van der Waals surface area contributed by atoms with E-state index in [-0.39, 0.29) is 17.9 Å². The molecule has 2 aromatic carbocycles. The van der Waals surface area contributed by atoms with Gasteiger partial charge in [-0.3, -0.25) is 9.48 Å². The molecule has 0 atom stereocenters. The van der Waals surface area contributed by atoms with E-state index in [1.54, 1.807) is 23.0 Å². The van der Waals surface area contributed by atoms with E-state index in [9.17, 15) is 4.79 Å². The van der Waals surface area contributed by atoms with E-state index in [0.717, 1.165) is 16.5 Å². The summed E-state index contributed by atoms with van der Waals surface area (Å²) < 4.78 is 1.56. The molecule has 24 heavy (non-hydrogen) atoms. The highest BCUT2D eigenvalue weighted by Gasteiger charge is 2.13. The molecule has 1 aromatic heterocycles. The molecule has 0 spiro atoms. The smallest absolute Gasteiger partial charge is 0.184 e. The van der Waals surface area contributed by atoms with Crippen molar-refractivity contribution in [1.82, 2.24) is 9.78 Å². The summed E-state index contributed by atoms with van der Waals surface area (Å²) in [4.78, 5) is 12.5. The molecule has 1 heterocycles. The molecule has 0 saturated heterocycles. The van der Waals surface area contributed by atoms with Gasteiger partial charge in [0.1, 0.15) is 18.7 Å². The molecule has 0 N–H and O–H groups in total. The Balaban J connectivity index is 1.98. The second-order valence-corrected chi connectivity index (χ2v) is 5.70. The number of hydrogen-bond acceptors (Lipinski definition) is 4. The third kappa shape index (κ3) is 2.64. The number of carbonyl (C=O) groups excluding carboxylic acids is 1. The molecule has 3 aromatic rings. The predicted octanol–water partition coefficient (Wildman–Crippen LogP) is 3.28. The zero-order valence-corrected chi connectivity index (χ0v) is 13.4. The predicted molar refractivity (Wildman–Crippen MR) is 89.4 cm³/mol. The maximum Gasteiger partial charge on any atom is 0.184 e. The minimum Gasteiger partial charge on any atom is -0.292 e. The fourth-order valence-corrected chi connectivity index (χ4v) is 2.58. The number of rotatable bonds is 3. The normalized spacial score (nSPS) is 10.3. The van der Waals surface area contributed by atoms with Crippen molar-refractivity contribution >= 4 is 16.7 Å². The molecular weight excluding hydrogens is 300 g/mol. The van der Waals surface area contributed by atoms with Crippen molar-refractivity contribution in [2.24, 2.45) is 0 Å². The molecule has 5 nitrogen and oxygen atoms in total. The first kappa shape index (κ1) is 15.5. The molecule has 0 aliphatic heterocycles. The van der Waals surface area contributed by atoms with Crippen LogP contribution in [0.2, 0.25) is 0 Å². The number of nitrogens with zero attached hydrogens (tertiary/aromatic N) is 4. The molecule has 0 bridgehead atoms. The molecule has 0 radical (unpaired) electrons. The van der Waals surface area contributed by atoms with Crippen molar-refractivity contribution in [3.05, 3.63) is 64.3 Å². The van der Waals surface area contributed by atoms with Crippen molar-refractivity contribution in [2.45, 2.75) is 20.4 Å². The Morgan fingerprint density at radius 1 is 1.08 bits per heavy atom. The van der Waals surface area contributed by atoms with Crippen molar-refractivity contribution in [3.8, 4) is 12.1 Å². The molecule has 0 fully saturated rings. The maximum atomic E-state index is 12.5. The molecule has 0 saturated carbocycles. The number of fused-ring (bicyclic) bond motifs is 1. The Morgan fingerprint density at radius 2 is 1.79 bits per heavy atom. The van der Waals surface area contributed by atoms with Crippen LogP contribution >= 0.6 is 0 Å². The summed E-state index contributed by atoms with van der Waals surface area (Å²) >= 11 is 0. The summed E-state index contributed by atoms with van der Waals surface area (Å²) in [6.45, 7) is 4.06. The molecule has 0 amide bonds. The number of nitriles is 2. The lowest BCUT2D eigenvalue weighted by Crippen LogP contribution is -2.12. The molecule has 116 valence electrons. The van der Waals surface area contributed by atoms with Gasteiger partial charge >= 0.3 is 0 Å². The van der Waals surface area contributed by atoms with Crippen LogP contribution in [0.5, 0.6) is 0 Å². The molecular formula is C19H14N4O. The van der Waals surface area contributed by atoms with E-state index in [1.165, 1.54) is 0 Å². The van der Waals surface area contributed by atoms with Crippen molar-refractivity contribution < 1.29 is 4.79 Å². The van der Waals surface area contributed by atoms with E-state index >= 15 is 0 Å². The number of ketones is 1.